The third-order valence-electron chi connectivity index (χ3n) is 7.30. The van der Waals surface area contributed by atoms with E-state index in [2.05, 4.69) is 44.4 Å². The average Bonchev–Trinajstić information content (AvgIpc) is 2.65. The van der Waals surface area contributed by atoms with Gasteiger partial charge in [-0.1, -0.05) is 64.7 Å². The lowest BCUT2D eigenvalue weighted by atomic mass is 9.95. The van der Waals surface area contributed by atoms with Crippen LogP contribution in [0.15, 0.2) is 0 Å². The molecule has 2 aliphatic rings. The fourth-order valence-corrected chi connectivity index (χ4v) is 5.50. The first-order valence-corrected chi connectivity index (χ1v) is 12.7. The number of unbranched alkanes of at least 4 members (excludes halogenated alkanes) is 7. The van der Waals surface area contributed by atoms with Gasteiger partial charge in [0.2, 0.25) is 0 Å². The Morgan fingerprint density at radius 2 is 1.04 bits per heavy atom. The van der Waals surface area contributed by atoms with Gasteiger partial charge in [0.05, 0.1) is 6.61 Å². The molecule has 0 N–H and O–H groups in total. The van der Waals surface area contributed by atoms with E-state index in [1.54, 1.807) is 0 Å². The Morgan fingerprint density at radius 3 is 1.46 bits per heavy atom. The second kappa shape index (κ2) is 13.2. The molecule has 0 unspecified atom stereocenters. The minimum Gasteiger partial charge on any atom is -0.349 e. The SMILES string of the molecule is CCCCCCCCCCOC(N1[C@H](C)CCC[C@@H]1C)N1[C@H](C)CCC[C@@H]1C. The van der Waals surface area contributed by atoms with Gasteiger partial charge in [-0.05, 0) is 59.8 Å². The van der Waals surface area contributed by atoms with Gasteiger partial charge in [0.15, 0.2) is 6.35 Å². The van der Waals surface area contributed by atoms with Gasteiger partial charge in [-0.15, -0.1) is 0 Å². The minimum atomic E-state index is 0.181. The number of nitrogens with zero attached hydrogens (tertiary/aromatic N) is 2. The van der Waals surface area contributed by atoms with Gasteiger partial charge < -0.3 is 4.74 Å². The van der Waals surface area contributed by atoms with Crippen LogP contribution >= 0.6 is 0 Å². The molecule has 0 spiro atoms. The van der Waals surface area contributed by atoms with E-state index < -0.39 is 0 Å². The molecule has 0 amide bonds. The molecule has 3 nitrogen and oxygen atoms in total. The molecule has 28 heavy (non-hydrogen) atoms. The van der Waals surface area contributed by atoms with Crippen molar-refractivity contribution in [3.8, 4) is 0 Å². The van der Waals surface area contributed by atoms with E-state index in [0.29, 0.717) is 24.2 Å². The molecule has 0 aromatic carbocycles. The van der Waals surface area contributed by atoms with Crippen LogP contribution in [0.2, 0.25) is 0 Å². The largest absolute Gasteiger partial charge is 0.349 e. The molecule has 0 aliphatic carbocycles. The molecule has 0 aromatic rings. The minimum absolute atomic E-state index is 0.181. The summed E-state index contributed by atoms with van der Waals surface area (Å²) in [6.45, 7) is 12.9. The molecule has 2 aliphatic heterocycles. The summed E-state index contributed by atoms with van der Waals surface area (Å²) in [6, 6.07) is 2.53. The van der Waals surface area contributed by atoms with E-state index in [-0.39, 0.29) is 6.35 Å². The molecule has 0 bridgehead atoms. The molecule has 4 atom stereocenters. The van der Waals surface area contributed by atoms with Crippen molar-refractivity contribution < 1.29 is 4.74 Å². The Kier molecular flexibility index (Phi) is 11.4. The second-order valence-corrected chi connectivity index (χ2v) is 9.82. The first-order chi connectivity index (χ1) is 13.6. The molecular weight excluding hydrogens is 344 g/mol. The predicted octanol–water partition coefficient (Wildman–Crippen LogP) is 6.95. The molecule has 0 aromatic heterocycles. The van der Waals surface area contributed by atoms with Crippen molar-refractivity contribution in [2.24, 2.45) is 0 Å². The highest BCUT2D eigenvalue weighted by atomic mass is 16.5. The maximum atomic E-state index is 6.70. The summed E-state index contributed by atoms with van der Waals surface area (Å²) in [5, 5.41) is 0. The topological polar surface area (TPSA) is 15.7 Å². The van der Waals surface area contributed by atoms with Crippen LogP contribution in [-0.4, -0.2) is 46.9 Å². The maximum Gasteiger partial charge on any atom is 0.169 e. The summed E-state index contributed by atoms with van der Waals surface area (Å²) in [5.41, 5.74) is 0. The van der Waals surface area contributed by atoms with Crippen LogP contribution in [0.1, 0.15) is 125 Å². The monoisotopic (exact) mass is 394 g/mol. The molecule has 2 heterocycles. The van der Waals surface area contributed by atoms with Crippen LogP contribution in [0.3, 0.4) is 0 Å². The van der Waals surface area contributed by atoms with Crippen LogP contribution in [0.25, 0.3) is 0 Å². The van der Waals surface area contributed by atoms with Gasteiger partial charge in [-0.25, -0.2) is 0 Å². The Balaban J connectivity index is 1.86. The van der Waals surface area contributed by atoms with Crippen LogP contribution < -0.4 is 0 Å². The highest BCUT2D eigenvalue weighted by molar-refractivity contribution is 4.87. The Morgan fingerprint density at radius 1 is 0.643 bits per heavy atom. The van der Waals surface area contributed by atoms with Gasteiger partial charge in [-0.2, -0.15) is 0 Å². The van der Waals surface area contributed by atoms with E-state index in [9.17, 15) is 0 Å². The summed E-state index contributed by atoms with van der Waals surface area (Å²) in [4.78, 5) is 5.43. The quantitative estimate of drug-likeness (QED) is 0.333. The third-order valence-corrected chi connectivity index (χ3v) is 7.30. The van der Waals surface area contributed by atoms with Gasteiger partial charge in [-0.3, -0.25) is 9.80 Å². The Labute approximate surface area is 176 Å². The van der Waals surface area contributed by atoms with Crippen LogP contribution in [-0.2, 0) is 4.74 Å². The van der Waals surface area contributed by atoms with E-state index in [4.69, 9.17) is 4.74 Å². The zero-order chi connectivity index (χ0) is 20.4. The third kappa shape index (κ3) is 7.29. The van der Waals surface area contributed by atoms with E-state index in [1.807, 2.05) is 0 Å². The highest BCUT2D eigenvalue weighted by Gasteiger charge is 2.39. The molecule has 0 radical (unpaired) electrons. The second-order valence-electron chi connectivity index (χ2n) is 9.82. The number of ether oxygens (including phenoxy) is 1. The first kappa shape index (κ1) is 24.2. The summed E-state index contributed by atoms with van der Waals surface area (Å²) < 4.78 is 6.70. The van der Waals surface area contributed by atoms with Gasteiger partial charge in [0.25, 0.3) is 0 Å². The fourth-order valence-electron chi connectivity index (χ4n) is 5.50. The molecule has 3 heteroatoms. The first-order valence-electron chi connectivity index (χ1n) is 12.7. The van der Waals surface area contributed by atoms with E-state index in [1.165, 1.54) is 89.9 Å². The molecular formula is C25H50N2O. The summed E-state index contributed by atoms with van der Waals surface area (Å²) in [6.07, 6.45) is 19.1. The van der Waals surface area contributed by atoms with Crippen molar-refractivity contribution in [3.05, 3.63) is 0 Å². The van der Waals surface area contributed by atoms with Crippen LogP contribution in [0.5, 0.6) is 0 Å². The average molecular weight is 395 g/mol. The highest BCUT2D eigenvalue weighted by Crippen LogP contribution is 2.32. The molecule has 2 rings (SSSR count). The van der Waals surface area contributed by atoms with Gasteiger partial charge >= 0.3 is 0 Å². The van der Waals surface area contributed by atoms with Crippen molar-refractivity contribution in [1.29, 1.82) is 0 Å². The Bertz CT molecular complexity index is 356. The number of hydrogen-bond acceptors (Lipinski definition) is 3. The predicted molar refractivity (Wildman–Crippen MR) is 122 cm³/mol. The standard InChI is InChI=1S/C25H50N2O/c1-6-7-8-9-10-11-12-13-20-28-25(26-21(2)16-14-17-22(26)3)27-23(4)18-15-19-24(27)5/h21-25H,6-20H2,1-5H3/t21-,22+,23-,24+. The smallest absolute Gasteiger partial charge is 0.169 e. The van der Waals surface area contributed by atoms with E-state index >= 15 is 0 Å². The van der Waals surface area contributed by atoms with Crippen molar-refractivity contribution in [2.75, 3.05) is 6.61 Å². The van der Waals surface area contributed by atoms with Crippen molar-refractivity contribution in [2.45, 2.75) is 155 Å². The lowest BCUT2D eigenvalue weighted by Gasteiger charge is -2.52. The summed E-state index contributed by atoms with van der Waals surface area (Å²) in [7, 11) is 0. The molecule has 0 saturated carbocycles. The maximum absolute atomic E-state index is 6.70. The van der Waals surface area contributed by atoms with Crippen LogP contribution in [0, 0.1) is 0 Å². The zero-order valence-corrected chi connectivity index (χ0v) is 19.8. The van der Waals surface area contributed by atoms with Crippen molar-refractivity contribution in [1.82, 2.24) is 9.80 Å². The van der Waals surface area contributed by atoms with Gasteiger partial charge in [0, 0.05) is 24.2 Å². The lowest BCUT2D eigenvalue weighted by molar-refractivity contribution is -0.213. The van der Waals surface area contributed by atoms with Crippen molar-refractivity contribution >= 4 is 0 Å². The summed E-state index contributed by atoms with van der Waals surface area (Å²) >= 11 is 0. The Hall–Kier alpha value is -0.120. The van der Waals surface area contributed by atoms with E-state index in [0.717, 1.165) is 6.61 Å². The van der Waals surface area contributed by atoms with Crippen LogP contribution in [0.4, 0.5) is 0 Å². The molecule has 2 saturated heterocycles. The zero-order valence-electron chi connectivity index (χ0n) is 19.8. The van der Waals surface area contributed by atoms with Crippen molar-refractivity contribution in [3.63, 3.8) is 0 Å². The molecule has 2 fully saturated rings. The lowest BCUT2D eigenvalue weighted by Crippen LogP contribution is -2.62. The number of piperidine rings is 2. The molecule has 166 valence electrons. The number of hydrogen-bond donors (Lipinski definition) is 0. The fraction of sp³-hybridized carbons (Fsp3) is 1.00. The van der Waals surface area contributed by atoms with Gasteiger partial charge in [0.1, 0.15) is 0 Å². The normalized spacial score (nSPS) is 30.2. The summed E-state index contributed by atoms with van der Waals surface area (Å²) in [5.74, 6) is 0. The number of likely N-dealkylation sites (tertiary alicyclic amines) is 2. The number of rotatable bonds is 12.